The van der Waals surface area contributed by atoms with E-state index in [4.69, 9.17) is 14.2 Å². The number of hydrogen-bond donors (Lipinski definition) is 0. The zero-order valence-electron chi connectivity index (χ0n) is 17.8. The number of hydrogen-bond acceptors (Lipinski definition) is 4. The highest BCUT2D eigenvalue weighted by Crippen LogP contribution is 2.41. The van der Waals surface area contributed by atoms with Crippen LogP contribution in [0.4, 0.5) is 4.79 Å². The van der Waals surface area contributed by atoms with Crippen LogP contribution in [0.5, 0.6) is 0 Å². The molecule has 1 aromatic carbocycles. The molecule has 5 nitrogen and oxygen atoms in total. The predicted molar refractivity (Wildman–Crippen MR) is 109 cm³/mol. The highest BCUT2D eigenvalue weighted by molar-refractivity contribution is 5.68. The van der Waals surface area contributed by atoms with Gasteiger partial charge in [0.15, 0.2) is 0 Å². The van der Waals surface area contributed by atoms with Crippen molar-refractivity contribution >= 4 is 6.09 Å². The quantitative estimate of drug-likeness (QED) is 0.691. The predicted octanol–water partition coefficient (Wildman–Crippen LogP) is 4.60. The molecule has 0 N–H and O–H groups in total. The molecule has 5 heteroatoms. The first-order valence-electron chi connectivity index (χ1n) is 10.5. The molecule has 1 saturated heterocycles. The zero-order chi connectivity index (χ0) is 20.1. The van der Waals surface area contributed by atoms with E-state index < -0.39 is 5.60 Å². The Kier molecular flexibility index (Phi) is 7.00. The van der Waals surface area contributed by atoms with Crippen molar-refractivity contribution in [2.75, 3.05) is 33.4 Å². The second kappa shape index (κ2) is 9.27. The third-order valence-electron chi connectivity index (χ3n) is 5.87. The molecule has 1 amide bonds. The first kappa shape index (κ1) is 21.1. The molecular formula is C23H35NO4. The van der Waals surface area contributed by atoms with Crippen LogP contribution in [0.15, 0.2) is 24.3 Å². The van der Waals surface area contributed by atoms with Gasteiger partial charge in [0, 0.05) is 20.2 Å². The standard InChI is InChI=1S/C23H35NO4/c1-23(2,3)28-22(25)24-11-9-17(10-12-24)19-15-18-7-5-6-8-20(18)21(16-19)27-14-13-26-4/h5-8,17,19,21H,9-16H2,1-4H3. The number of ether oxygens (including phenoxy) is 3. The highest BCUT2D eigenvalue weighted by Gasteiger charge is 2.35. The summed E-state index contributed by atoms with van der Waals surface area (Å²) >= 11 is 0. The Morgan fingerprint density at radius 2 is 1.82 bits per heavy atom. The second-order valence-corrected chi connectivity index (χ2v) is 9.06. The van der Waals surface area contributed by atoms with Gasteiger partial charge in [-0.15, -0.1) is 0 Å². The summed E-state index contributed by atoms with van der Waals surface area (Å²) in [6, 6.07) is 8.67. The van der Waals surface area contributed by atoms with Crippen LogP contribution < -0.4 is 0 Å². The van der Waals surface area contributed by atoms with E-state index in [0.717, 1.165) is 38.8 Å². The fourth-order valence-electron chi connectivity index (χ4n) is 4.47. The van der Waals surface area contributed by atoms with Gasteiger partial charge in [0.05, 0.1) is 19.3 Å². The summed E-state index contributed by atoms with van der Waals surface area (Å²) in [4.78, 5) is 14.2. The Labute approximate surface area is 169 Å². The van der Waals surface area contributed by atoms with Crippen LogP contribution in [0.3, 0.4) is 0 Å². The number of amides is 1. The number of fused-ring (bicyclic) bond motifs is 1. The fraction of sp³-hybridized carbons (Fsp3) is 0.696. The number of carbonyl (C=O) groups is 1. The number of likely N-dealkylation sites (tertiary alicyclic amines) is 1. The van der Waals surface area contributed by atoms with Crippen LogP contribution >= 0.6 is 0 Å². The molecule has 1 aromatic rings. The normalized spacial score (nSPS) is 23.4. The summed E-state index contributed by atoms with van der Waals surface area (Å²) in [5.41, 5.74) is 2.31. The number of rotatable bonds is 5. The molecule has 156 valence electrons. The number of piperidine rings is 1. The molecule has 0 radical (unpaired) electrons. The van der Waals surface area contributed by atoms with Crippen molar-refractivity contribution in [3.05, 3.63) is 35.4 Å². The van der Waals surface area contributed by atoms with E-state index in [2.05, 4.69) is 24.3 Å². The van der Waals surface area contributed by atoms with Gasteiger partial charge in [-0.3, -0.25) is 0 Å². The molecule has 0 spiro atoms. The summed E-state index contributed by atoms with van der Waals surface area (Å²) in [5.74, 6) is 1.23. The van der Waals surface area contributed by atoms with Crippen molar-refractivity contribution in [3.63, 3.8) is 0 Å². The van der Waals surface area contributed by atoms with Gasteiger partial charge in [-0.25, -0.2) is 4.79 Å². The van der Waals surface area contributed by atoms with Crippen molar-refractivity contribution in [1.82, 2.24) is 4.90 Å². The molecule has 3 rings (SSSR count). The first-order chi connectivity index (χ1) is 13.4. The average Bonchev–Trinajstić information content (AvgIpc) is 2.67. The average molecular weight is 390 g/mol. The van der Waals surface area contributed by atoms with Crippen LogP contribution in [0.25, 0.3) is 0 Å². The molecule has 2 aliphatic rings. The van der Waals surface area contributed by atoms with Crippen molar-refractivity contribution in [3.8, 4) is 0 Å². The topological polar surface area (TPSA) is 48.0 Å². The largest absolute Gasteiger partial charge is 0.444 e. The number of nitrogens with zero attached hydrogens (tertiary/aromatic N) is 1. The second-order valence-electron chi connectivity index (χ2n) is 9.06. The number of carbonyl (C=O) groups excluding carboxylic acids is 1. The van der Waals surface area contributed by atoms with Gasteiger partial charge in [-0.1, -0.05) is 24.3 Å². The molecule has 2 unspecified atom stereocenters. The molecule has 1 fully saturated rings. The summed E-state index contributed by atoms with van der Waals surface area (Å²) < 4.78 is 16.9. The fourth-order valence-corrected chi connectivity index (χ4v) is 4.47. The molecule has 0 aromatic heterocycles. The van der Waals surface area contributed by atoms with E-state index in [9.17, 15) is 4.79 Å². The van der Waals surface area contributed by atoms with Crippen LogP contribution in [-0.2, 0) is 20.6 Å². The summed E-state index contributed by atoms with van der Waals surface area (Å²) in [6.45, 7) is 8.57. The first-order valence-corrected chi connectivity index (χ1v) is 10.5. The molecular weight excluding hydrogens is 354 g/mol. The number of methoxy groups -OCH3 is 1. The van der Waals surface area contributed by atoms with Crippen LogP contribution in [0.2, 0.25) is 0 Å². The van der Waals surface area contributed by atoms with Crippen molar-refractivity contribution in [1.29, 1.82) is 0 Å². The van der Waals surface area contributed by atoms with E-state index in [1.807, 2.05) is 25.7 Å². The van der Waals surface area contributed by atoms with Crippen LogP contribution in [0.1, 0.15) is 57.3 Å². The van der Waals surface area contributed by atoms with Gasteiger partial charge in [-0.05, 0) is 69.4 Å². The van der Waals surface area contributed by atoms with Crippen molar-refractivity contribution in [2.45, 2.75) is 58.2 Å². The Balaban J connectivity index is 1.59. The lowest BCUT2D eigenvalue weighted by atomic mass is 9.72. The molecule has 1 aliphatic heterocycles. The van der Waals surface area contributed by atoms with Gasteiger partial charge in [0.1, 0.15) is 5.60 Å². The van der Waals surface area contributed by atoms with Gasteiger partial charge < -0.3 is 19.1 Å². The molecule has 1 aliphatic carbocycles. The maximum Gasteiger partial charge on any atom is 0.410 e. The van der Waals surface area contributed by atoms with Crippen molar-refractivity contribution in [2.24, 2.45) is 11.8 Å². The van der Waals surface area contributed by atoms with E-state index in [-0.39, 0.29) is 12.2 Å². The Hall–Kier alpha value is -1.59. The molecule has 0 bridgehead atoms. The smallest absolute Gasteiger partial charge is 0.410 e. The van der Waals surface area contributed by atoms with E-state index in [1.54, 1.807) is 7.11 Å². The number of benzene rings is 1. The van der Waals surface area contributed by atoms with Gasteiger partial charge in [0.2, 0.25) is 0 Å². The van der Waals surface area contributed by atoms with Crippen LogP contribution in [0, 0.1) is 11.8 Å². The lowest BCUT2D eigenvalue weighted by Gasteiger charge is -2.40. The maximum atomic E-state index is 12.3. The third-order valence-corrected chi connectivity index (χ3v) is 5.87. The molecule has 1 heterocycles. The molecule has 2 atom stereocenters. The van der Waals surface area contributed by atoms with E-state index in [0.29, 0.717) is 25.0 Å². The van der Waals surface area contributed by atoms with Gasteiger partial charge >= 0.3 is 6.09 Å². The summed E-state index contributed by atoms with van der Waals surface area (Å²) in [5, 5.41) is 0. The summed E-state index contributed by atoms with van der Waals surface area (Å²) in [7, 11) is 1.71. The SMILES string of the molecule is COCCOC1CC(C2CCN(C(=O)OC(C)(C)C)CC2)Cc2ccccc21. The maximum absolute atomic E-state index is 12.3. The Morgan fingerprint density at radius 1 is 1.11 bits per heavy atom. The van der Waals surface area contributed by atoms with E-state index in [1.165, 1.54) is 11.1 Å². The van der Waals surface area contributed by atoms with Crippen LogP contribution in [-0.4, -0.2) is 50.0 Å². The molecule has 0 saturated carbocycles. The minimum atomic E-state index is -0.437. The third kappa shape index (κ3) is 5.48. The minimum absolute atomic E-state index is 0.147. The zero-order valence-corrected chi connectivity index (χ0v) is 17.8. The lowest BCUT2D eigenvalue weighted by Crippen LogP contribution is -2.43. The molecule has 28 heavy (non-hydrogen) atoms. The highest BCUT2D eigenvalue weighted by atomic mass is 16.6. The summed E-state index contributed by atoms with van der Waals surface area (Å²) in [6.07, 6.45) is 4.21. The Morgan fingerprint density at radius 3 is 2.50 bits per heavy atom. The van der Waals surface area contributed by atoms with Gasteiger partial charge in [-0.2, -0.15) is 0 Å². The van der Waals surface area contributed by atoms with Gasteiger partial charge in [0.25, 0.3) is 0 Å². The van der Waals surface area contributed by atoms with Crippen molar-refractivity contribution < 1.29 is 19.0 Å². The monoisotopic (exact) mass is 389 g/mol. The van der Waals surface area contributed by atoms with E-state index >= 15 is 0 Å². The Bertz CT molecular complexity index is 646. The lowest BCUT2D eigenvalue weighted by molar-refractivity contribution is -0.0131. The minimum Gasteiger partial charge on any atom is -0.444 e.